The number of carbonyl (C=O) groups excluding carboxylic acids is 2. The molecular formula is C19H19ClFN3O2. The third kappa shape index (κ3) is 3.30. The molecule has 0 saturated carbocycles. The van der Waals surface area contributed by atoms with E-state index >= 15 is 0 Å². The van der Waals surface area contributed by atoms with E-state index in [2.05, 4.69) is 10.6 Å². The molecular weight excluding hydrogens is 357 g/mol. The monoisotopic (exact) mass is 375 g/mol. The summed E-state index contributed by atoms with van der Waals surface area (Å²) >= 11 is 0. The summed E-state index contributed by atoms with van der Waals surface area (Å²) in [7, 11) is 0. The fraction of sp³-hybridized carbons (Fsp3) is 0.263. The molecule has 2 aliphatic heterocycles. The van der Waals surface area contributed by atoms with Gasteiger partial charge in [0.05, 0.1) is 5.69 Å². The maximum absolute atomic E-state index is 14.6. The zero-order valence-electron chi connectivity index (χ0n) is 14.0. The summed E-state index contributed by atoms with van der Waals surface area (Å²) in [6.45, 7) is 1.68. The molecule has 26 heavy (non-hydrogen) atoms. The average Bonchev–Trinajstić information content (AvgIpc) is 2.94. The number of nitrogens with one attached hydrogen (secondary N) is 2. The molecule has 0 saturated heterocycles. The molecule has 0 bridgehead atoms. The van der Waals surface area contributed by atoms with Crippen LogP contribution in [0.25, 0.3) is 0 Å². The molecule has 2 heterocycles. The van der Waals surface area contributed by atoms with E-state index in [1.807, 2.05) is 18.2 Å². The van der Waals surface area contributed by atoms with Crippen molar-refractivity contribution in [3.05, 3.63) is 64.5 Å². The molecule has 0 aliphatic carbocycles. The lowest BCUT2D eigenvalue weighted by atomic mass is 9.99. The van der Waals surface area contributed by atoms with Gasteiger partial charge >= 0.3 is 0 Å². The van der Waals surface area contributed by atoms with Crippen LogP contribution in [0, 0.1) is 5.82 Å². The maximum Gasteiger partial charge on any atom is 0.254 e. The molecule has 0 radical (unpaired) electrons. The van der Waals surface area contributed by atoms with Crippen LogP contribution in [-0.2, 0) is 24.3 Å². The molecule has 4 rings (SSSR count). The highest BCUT2D eigenvalue weighted by Crippen LogP contribution is 2.25. The van der Waals surface area contributed by atoms with E-state index in [4.69, 9.17) is 0 Å². The number of fused-ring (bicyclic) bond motifs is 2. The predicted octanol–water partition coefficient (Wildman–Crippen LogP) is 2.49. The van der Waals surface area contributed by atoms with Crippen molar-refractivity contribution < 1.29 is 14.0 Å². The standard InChI is InChI=1S/C19H18FN3O2.ClH/c20-18-14-7-8-21-9-12(14)5-6-16(18)22-17(24)11-23-10-13-3-1-2-4-15(13)19(23)25;/h1-6,21H,7-11H2,(H,22,24);1H. The predicted molar refractivity (Wildman–Crippen MR) is 98.9 cm³/mol. The Labute approximate surface area is 157 Å². The van der Waals surface area contributed by atoms with Crippen LogP contribution < -0.4 is 10.6 Å². The molecule has 0 spiro atoms. The first-order chi connectivity index (χ1) is 12.1. The normalized spacial score (nSPS) is 15.1. The first kappa shape index (κ1) is 18.4. The van der Waals surface area contributed by atoms with Crippen LogP contribution in [0.3, 0.4) is 0 Å². The van der Waals surface area contributed by atoms with Crippen molar-refractivity contribution in [1.29, 1.82) is 0 Å². The molecule has 2 aliphatic rings. The highest BCUT2D eigenvalue weighted by molar-refractivity contribution is 6.02. The summed E-state index contributed by atoms with van der Waals surface area (Å²) in [6.07, 6.45) is 0.602. The molecule has 0 fully saturated rings. The fourth-order valence-corrected chi connectivity index (χ4v) is 3.44. The lowest BCUT2D eigenvalue weighted by Gasteiger charge is -2.20. The Bertz CT molecular complexity index is 872. The van der Waals surface area contributed by atoms with Crippen molar-refractivity contribution in [3.8, 4) is 0 Å². The van der Waals surface area contributed by atoms with E-state index in [-0.39, 0.29) is 36.4 Å². The van der Waals surface area contributed by atoms with Crippen molar-refractivity contribution in [2.24, 2.45) is 0 Å². The van der Waals surface area contributed by atoms with Gasteiger partial charge in [-0.15, -0.1) is 12.4 Å². The summed E-state index contributed by atoms with van der Waals surface area (Å²) in [5, 5.41) is 5.80. The minimum Gasteiger partial charge on any atom is -0.325 e. The molecule has 2 aromatic carbocycles. The quantitative estimate of drug-likeness (QED) is 0.866. The molecule has 0 aromatic heterocycles. The second-order valence-corrected chi connectivity index (χ2v) is 6.36. The largest absolute Gasteiger partial charge is 0.325 e. The number of carbonyl (C=O) groups is 2. The van der Waals surface area contributed by atoms with Crippen LogP contribution >= 0.6 is 12.4 Å². The van der Waals surface area contributed by atoms with Gasteiger partial charge in [-0.2, -0.15) is 0 Å². The maximum atomic E-state index is 14.6. The van der Waals surface area contributed by atoms with Crippen LogP contribution in [0.15, 0.2) is 36.4 Å². The van der Waals surface area contributed by atoms with Gasteiger partial charge in [0.25, 0.3) is 5.91 Å². The van der Waals surface area contributed by atoms with Crippen molar-refractivity contribution in [2.75, 3.05) is 18.4 Å². The summed E-state index contributed by atoms with van der Waals surface area (Å²) < 4.78 is 14.6. The fourth-order valence-electron chi connectivity index (χ4n) is 3.44. The van der Waals surface area contributed by atoms with Gasteiger partial charge < -0.3 is 15.5 Å². The van der Waals surface area contributed by atoms with E-state index in [9.17, 15) is 14.0 Å². The minimum atomic E-state index is -0.394. The highest BCUT2D eigenvalue weighted by atomic mass is 35.5. The summed E-state index contributed by atoms with van der Waals surface area (Å²) in [5.41, 5.74) is 3.29. The lowest BCUT2D eigenvalue weighted by molar-refractivity contribution is -0.116. The number of amides is 2. The van der Waals surface area contributed by atoms with Crippen LogP contribution in [0.5, 0.6) is 0 Å². The second kappa shape index (κ2) is 7.43. The second-order valence-electron chi connectivity index (χ2n) is 6.36. The van der Waals surface area contributed by atoms with Gasteiger partial charge in [0.15, 0.2) is 0 Å². The number of benzene rings is 2. The molecule has 136 valence electrons. The Hall–Kier alpha value is -2.44. The molecule has 2 amide bonds. The number of hydrogen-bond donors (Lipinski definition) is 2. The third-order valence-electron chi connectivity index (χ3n) is 4.71. The van der Waals surface area contributed by atoms with Crippen LogP contribution in [-0.4, -0.2) is 29.8 Å². The Balaban J connectivity index is 0.00000196. The van der Waals surface area contributed by atoms with Gasteiger partial charge in [0.1, 0.15) is 12.4 Å². The third-order valence-corrected chi connectivity index (χ3v) is 4.71. The van der Waals surface area contributed by atoms with Crippen molar-refractivity contribution in [3.63, 3.8) is 0 Å². The number of halogens is 2. The summed E-state index contributed by atoms with van der Waals surface area (Å²) in [6, 6.07) is 10.7. The number of anilines is 1. The van der Waals surface area contributed by atoms with Crippen molar-refractivity contribution in [1.82, 2.24) is 10.2 Å². The van der Waals surface area contributed by atoms with Gasteiger partial charge in [-0.3, -0.25) is 9.59 Å². The Kier molecular flexibility index (Phi) is 5.25. The van der Waals surface area contributed by atoms with E-state index in [0.29, 0.717) is 30.6 Å². The molecule has 2 N–H and O–H groups in total. The Morgan fingerprint density at radius 3 is 2.81 bits per heavy atom. The van der Waals surface area contributed by atoms with Gasteiger partial charge in [-0.05, 0) is 41.8 Å². The SMILES string of the molecule is Cl.O=C(CN1Cc2ccccc2C1=O)Nc1ccc2c(c1F)CCNC2. The number of rotatable bonds is 3. The first-order valence-electron chi connectivity index (χ1n) is 8.31. The topological polar surface area (TPSA) is 61.4 Å². The lowest BCUT2D eigenvalue weighted by Crippen LogP contribution is -2.33. The van der Waals surface area contributed by atoms with Crippen LogP contribution in [0.4, 0.5) is 10.1 Å². The van der Waals surface area contributed by atoms with Gasteiger partial charge in [-0.25, -0.2) is 4.39 Å². The smallest absolute Gasteiger partial charge is 0.254 e. The number of hydrogen-bond acceptors (Lipinski definition) is 3. The van der Waals surface area contributed by atoms with Gasteiger partial charge in [0, 0.05) is 18.7 Å². The highest BCUT2D eigenvalue weighted by Gasteiger charge is 2.28. The summed E-state index contributed by atoms with van der Waals surface area (Å²) in [5.74, 6) is -0.930. The van der Waals surface area contributed by atoms with Gasteiger partial charge in [0.2, 0.25) is 5.91 Å². The van der Waals surface area contributed by atoms with Crippen LogP contribution in [0.1, 0.15) is 27.0 Å². The molecule has 0 atom stereocenters. The molecule has 0 unspecified atom stereocenters. The minimum absolute atomic E-state index is 0. The Morgan fingerprint density at radius 1 is 1.19 bits per heavy atom. The van der Waals surface area contributed by atoms with E-state index in [0.717, 1.165) is 17.7 Å². The molecule has 2 aromatic rings. The zero-order chi connectivity index (χ0) is 17.4. The van der Waals surface area contributed by atoms with Gasteiger partial charge in [-0.1, -0.05) is 24.3 Å². The summed E-state index contributed by atoms with van der Waals surface area (Å²) in [4.78, 5) is 26.1. The Morgan fingerprint density at radius 2 is 2.00 bits per heavy atom. The molecule has 5 nitrogen and oxygen atoms in total. The van der Waals surface area contributed by atoms with Crippen molar-refractivity contribution >= 4 is 29.9 Å². The number of nitrogens with zero attached hydrogens (tertiary/aromatic N) is 1. The van der Waals surface area contributed by atoms with E-state index in [1.54, 1.807) is 18.2 Å². The average molecular weight is 376 g/mol. The zero-order valence-corrected chi connectivity index (χ0v) is 14.9. The van der Waals surface area contributed by atoms with Crippen LogP contribution in [0.2, 0.25) is 0 Å². The van der Waals surface area contributed by atoms with Crippen molar-refractivity contribution in [2.45, 2.75) is 19.5 Å². The first-order valence-corrected chi connectivity index (χ1v) is 8.31. The van der Waals surface area contributed by atoms with E-state index < -0.39 is 5.91 Å². The van der Waals surface area contributed by atoms with E-state index in [1.165, 1.54) is 4.90 Å². The molecule has 7 heteroatoms.